The number of H-pyrrole nitrogens is 1. The van der Waals surface area contributed by atoms with Crippen molar-refractivity contribution in [3.63, 3.8) is 0 Å². The minimum absolute atomic E-state index is 0.964. The van der Waals surface area contributed by atoms with Crippen molar-refractivity contribution < 1.29 is 0 Å². The maximum atomic E-state index is 4.30. The number of rotatable bonds is 0. The van der Waals surface area contributed by atoms with Gasteiger partial charge >= 0.3 is 0 Å². The highest BCUT2D eigenvalue weighted by molar-refractivity contribution is 7.80. The Hall–Kier alpha value is -0.890. The maximum Gasteiger partial charge on any atom is 0.0731 e. The summed E-state index contributed by atoms with van der Waals surface area (Å²) in [6.07, 6.45) is 0. The van der Waals surface area contributed by atoms with Crippen LogP contribution in [0.2, 0.25) is 0 Å². The van der Waals surface area contributed by atoms with Gasteiger partial charge in [-0.1, -0.05) is 18.2 Å². The SMILES string of the molecule is Cc1c(S)[nH]c2ccccc12. The van der Waals surface area contributed by atoms with Crippen LogP contribution in [-0.2, 0) is 0 Å². The molecule has 0 radical (unpaired) electrons. The van der Waals surface area contributed by atoms with Crippen molar-refractivity contribution in [1.82, 2.24) is 4.98 Å². The second-order valence-electron chi connectivity index (χ2n) is 2.64. The Labute approximate surface area is 70.8 Å². The van der Waals surface area contributed by atoms with Crippen LogP contribution in [0.1, 0.15) is 5.56 Å². The molecule has 0 saturated heterocycles. The molecule has 0 amide bonds. The fourth-order valence-corrected chi connectivity index (χ4v) is 1.51. The van der Waals surface area contributed by atoms with E-state index in [9.17, 15) is 0 Å². The Morgan fingerprint density at radius 2 is 2.00 bits per heavy atom. The zero-order chi connectivity index (χ0) is 7.84. The molecular formula is C9H9NS. The van der Waals surface area contributed by atoms with Crippen molar-refractivity contribution in [3.05, 3.63) is 29.8 Å². The molecule has 0 aliphatic rings. The minimum Gasteiger partial charge on any atom is -0.350 e. The van der Waals surface area contributed by atoms with E-state index in [0.29, 0.717) is 0 Å². The Balaban J connectivity index is 2.92. The van der Waals surface area contributed by atoms with Crippen LogP contribution in [0, 0.1) is 6.92 Å². The van der Waals surface area contributed by atoms with Crippen LogP contribution in [0.4, 0.5) is 0 Å². The molecule has 1 aromatic carbocycles. The van der Waals surface area contributed by atoms with Crippen molar-refractivity contribution in [1.29, 1.82) is 0 Å². The topological polar surface area (TPSA) is 15.8 Å². The summed E-state index contributed by atoms with van der Waals surface area (Å²) in [5.74, 6) is 0. The first-order valence-electron chi connectivity index (χ1n) is 3.55. The van der Waals surface area contributed by atoms with E-state index >= 15 is 0 Å². The van der Waals surface area contributed by atoms with E-state index in [2.05, 4.69) is 36.7 Å². The molecule has 0 spiro atoms. The van der Waals surface area contributed by atoms with Crippen molar-refractivity contribution in [3.8, 4) is 0 Å². The minimum atomic E-state index is 0.964. The Kier molecular flexibility index (Phi) is 1.43. The monoisotopic (exact) mass is 163 g/mol. The van der Waals surface area contributed by atoms with Crippen molar-refractivity contribution in [2.24, 2.45) is 0 Å². The zero-order valence-corrected chi connectivity index (χ0v) is 7.15. The zero-order valence-electron chi connectivity index (χ0n) is 6.26. The number of para-hydroxylation sites is 1. The molecule has 0 atom stereocenters. The first kappa shape index (κ1) is 6.80. The quantitative estimate of drug-likeness (QED) is 0.555. The van der Waals surface area contributed by atoms with Crippen LogP contribution >= 0.6 is 12.6 Å². The summed E-state index contributed by atoms with van der Waals surface area (Å²) in [7, 11) is 0. The molecule has 0 aliphatic heterocycles. The molecule has 0 unspecified atom stereocenters. The number of nitrogens with one attached hydrogen (secondary N) is 1. The lowest BCUT2D eigenvalue weighted by Gasteiger charge is -1.87. The molecule has 56 valence electrons. The molecule has 2 heteroatoms. The van der Waals surface area contributed by atoms with Gasteiger partial charge in [0.1, 0.15) is 0 Å². The van der Waals surface area contributed by atoms with Crippen molar-refractivity contribution >= 4 is 23.5 Å². The van der Waals surface area contributed by atoms with Crippen LogP contribution in [-0.4, -0.2) is 4.98 Å². The number of aromatic nitrogens is 1. The standard InChI is InChI=1S/C9H9NS/c1-6-7-4-2-3-5-8(7)10-9(6)11/h2-5,10-11H,1H3. The normalized spacial score (nSPS) is 10.7. The number of thiol groups is 1. The van der Waals surface area contributed by atoms with Gasteiger partial charge in [0.25, 0.3) is 0 Å². The lowest BCUT2D eigenvalue weighted by atomic mass is 10.2. The Morgan fingerprint density at radius 3 is 2.73 bits per heavy atom. The van der Waals surface area contributed by atoms with E-state index in [1.54, 1.807) is 0 Å². The fraction of sp³-hybridized carbons (Fsp3) is 0.111. The first-order chi connectivity index (χ1) is 5.29. The van der Waals surface area contributed by atoms with Gasteiger partial charge < -0.3 is 4.98 Å². The smallest absolute Gasteiger partial charge is 0.0731 e. The summed E-state index contributed by atoms with van der Waals surface area (Å²) in [4.78, 5) is 3.19. The molecule has 1 N–H and O–H groups in total. The van der Waals surface area contributed by atoms with Crippen LogP contribution in [0.3, 0.4) is 0 Å². The van der Waals surface area contributed by atoms with Crippen LogP contribution in [0.15, 0.2) is 29.3 Å². The van der Waals surface area contributed by atoms with Gasteiger partial charge in [-0.25, -0.2) is 0 Å². The molecule has 0 aliphatic carbocycles. The predicted molar refractivity (Wildman–Crippen MR) is 50.3 cm³/mol. The molecule has 1 nitrogen and oxygen atoms in total. The summed E-state index contributed by atoms with van der Waals surface area (Å²) in [5, 5.41) is 2.23. The molecular weight excluding hydrogens is 154 g/mol. The number of aryl methyl sites for hydroxylation is 1. The molecule has 11 heavy (non-hydrogen) atoms. The van der Waals surface area contributed by atoms with Crippen molar-refractivity contribution in [2.45, 2.75) is 11.9 Å². The van der Waals surface area contributed by atoms with Gasteiger partial charge in [0.2, 0.25) is 0 Å². The third kappa shape index (κ3) is 0.942. The van der Waals surface area contributed by atoms with Gasteiger partial charge in [-0.15, -0.1) is 12.6 Å². The number of hydrogen-bond donors (Lipinski definition) is 2. The highest BCUT2D eigenvalue weighted by atomic mass is 32.1. The second kappa shape index (κ2) is 2.31. The number of fused-ring (bicyclic) bond motifs is 1. The van der Waals surface area contributed by atoms with E-state index in [-0.39, 0.29) is 0 Å². The van der Waals surface area contributed by atoms with E-state index < -0.39 is 0 Å². The number of hydrogen-bond acceptors (Lipinski definition) is 1. The maximum absolute atomic E-state index is 4.30. The van der Waals surface area contributed by atoms with Gasteiger partial charge in [0.05, 0.1) is 5.03 Å². The lowest BCUT2D eigenvalue weighted by Crippen LogP contribution is -1.66. The van der Waals surface area contributed by atoms with Crippen LogP contribution < -0.4 is 0 Å². The van der Waals surface area contributed by atoms with Crippen LogP contribution in [0.5, 0.6) is 0 Å². The van der Waals surface area contributed by atoms with Crippen molar-refractivity contribution in [2.75, 3.05) is 0 Å². The van der Waals surface area contributed by atoms with E-state index in [4.69, 9.17) is 0 Å². The Morgan fingerprint density at radius 1 is 1.27 bits per heavy atom. The number of benzene rings is 1. The highest BCUT2D eigenvalue weighted by Crippen LogP contribution is 2.22. The van der Waals surface area contributed by atoms with E-state index in [1.807, 2.05) is 12.1 Å². The Bertz CT molecular complexity index is 389. The molecule has 0 bridgehead atoms. The highest BCUT2D eigenvalue weighted by Gasteiger charge is 2.01. The molecule has 0 saturated carbocycles. The lowest BCUT2D eigenvalue weighted by molar-refractivity contribution is 1.20. The predicted octanol–water partition coefficient (Wildman–Crippen LogP) is 2.77. The molecule has 2 aromatic rings. The third-order valence-corrected chi connectivity index (χ3v) is 2.39. The molecule has 0 fully saturated rings. The fourth-order valence-electron chi connectivity index (χ4n) is 1.27. The first-order valence-corrected chi connectivity index (χ1v) is 4.00. The third-order valence-electron chi connectivity index (χ3n) is 1.94. The summed E-state index contributed by atoms with van der Waals surface area (Å²) >= 11 is 4.30. The average Bonchev–Trinajstić information content (AvgIpc) is 2.30. The van der Waals surface area contributed by atoms with Gasteiger partial charge in [-0.2, -0.15) is 0 Å². The second-order valence-corrected chi connectivity index (χ2v) is 3.09. The summed E-state index contributed by atoms with van der Waals surface area (Å²) in [6, 6.07) is 8.21. The van der Waals surface area contributed by atoms with Gasteiger partial charge in [0, 0.05) is 10.9 Å². The van der Waals surface area contributed by atoms with Gasteiger partial charge in [-0.05, 0) is 18.6 Å². The van der Waals surface area contributed by atoms with E-state index in [0.717, 1.165) is 10.5 Å². The summed E-state index contributed by atoms with van der Waals surface area (Å²) in [5.41, 5.74) is 2.39. The summed E-state index contributed by atoms with van der Waals surface area (Å²) in [6.45, 7) is 2.07. The van der Waals surface area contributed by atoms with Gasteiger partial charge in [0.15, 0.2) is 0 Å². The number of aromatic amines is 1. The average molecular weight is 163 g/mol. The molecule has 1 aromatic heterocycles. The largest absolute Gasteiger partial charge is 0.350 e. The molecule has 2 rings (SSSR count). The van der Waals surface area contributed by atoms with E-state index in [1.165, 1.54) is 10.9 Å². The molecule has 1 heterocycles. The van der Waals surface area contributed by atoms with Gasteiger partial charge in [-0.3, -0.25) is 0 Å². The van der Waals surface area contributed by atoms with Crippen LogP contribution in [0.25, 0.3) is 10.9 Å². The summed E-state index contributed by atoms with van der Waals surface area (Å²) < 4.78 is 0.